The third-order valence-electron chi connectivity index (χ3n) is 4.42. The quantitative estimate of drug-likeness (QED) is 0.688. The molecule has 1 nitrogen and oxygen atoms in total. The molecule has 94 valence electrons. The first-order valence-corrected chi connectivity index (χ1v) is 7.49. The first kappa shape index (κ1) is 12.4. The molecule has 0 aromatic carbocycles. The van der Waals surface area contributed by atoms with Gasteiger partial charge in [0.1, 0.15) is 0 Å². The first-order chi connectivity index (χ1) is 7.75. The molecule has 0 saturated heterocycles. The van der Waals surface area contributed by atoms with E-state index in [1.807, 2.05) is 0 Å². The molecule has 2 fully saturated rings. The van der Waals surface area contributed by atoms with Crippen molar-refractivity contribution in [2.75, 3.05) is 6.54 Å². The fourth-order valence-corrected chi connectivity index (χ4v) is 3.16. The van der Waals surface area contributed by atoms with Crippen LogP contribution in [0.2, 0.25) is 0 Å². The second-order valence-electron chi connectivity index (χ2n) is 6.46. The van der Waals surface area contributed by atoms with Crippen molar-refractivity contribution in [3.63, 3.8) is 0 Å². The molecule has 0 radical (unpaired) electrons. The van der Waals surface area contributed by atoms with E-state index < -0.39 is 0 Å². The van der Waals surface area contributed by atoms with Crippen LogP contribution in [-0.4, -0.2) is 12.6 Å². The minimum atomic E-state index is 0.893. The molecule has 16 heavy (non-hydrogen) atoms. The molecule has 0 bridgehead atoms. The van der Waals surface area contributed by atoms with Crippen molar-refractivity contribution in [2.45, 2.75) is 71.3 Å². The maximum absolute atomic E-state index is 3.73. The molecule has 1 N–H and O–H groups in total. The topological polar surface area (TPSA) is 12.0 Å². The van der Waals surface area contributed by atoms with Crippen LogP contribution in [0.25, 0.3) is 0 Å². The van der Waals surface area contributed by atoms with Crippen molar-refractivity contribution in [1.82, 2.24) is 5.32 Å². The van der Waals surface area contributed by atoms with E-state index >= 15 is 0 Å². The van der Waals surface area contributed by atoms with Gasteiger partial charge < -0.3 is 5.32 Å². The number of rotatable bonds is 7. The Morgan fingerprint density at radius 2 is 1.81 bits per heavy atom. The predicted octanol–water partition coefficient (Wildman–Crippen LogP) is 3.98. The Kier molecular flexibility index (Phi) is 4.69. The third-order valence-corrected chi connectivity index (χ3v) is 4.42. The highest BCUT2D eigenvalue weighted by Crippen LogP contribution is 2.35. The van der Waals surface area contributed by atoms with Crippen LogP contribution in [0, 0.1) is 17.8 Å². The van der Waals surface area contributed by atoms with Crippen LogP contribution < -0.4 is 5.32 Å². The number of hydrogen-bond donors (Lipinski definition) is 1. The average molecular weight is 223 g/mol. The lowest BCUT2D eigenvalue weighted by molar-refractivity contribution is 0.330. The van der Waals surface area contributed by atoms with Crippen LogP contribution in [0.5, 0.6) is 0 Å². The molecule has 0 amide bonds. The summed E-state index contributed by atoms with van der Waals surface area (Å²) < 4.78 is 0. The highest BCUT2D eigenvalue weighted by atomic mass is 14.9. The van der Waals surface area contributed by atoms with Crippen LogP contribution in [0.15, 0.2) is 0 Å². The van der Waals surface area contributed by atoms with Crippen LogP contribution >= 0.6 is 0 Å². The van der Waals surface area contributed by atoms with Gasteiger partial charge in [-0.05, 0) is 43.6 Å². The van der Waals surface area contributed by atoms with Crippen LogP contribution in [0.3, 0.4) is 0 Å². The van der Waals surface area contributed by atoms with Gasteiger partial charge in [0.15, 0.2) is 0 Å². The zero-order chi connectivity index (χ0) is 11.4. The summed E-state index contributed by atoms with van der Waals surface area (Å²) >= 11 is 0. The largest absolute Gasteiger partial charge is 0.314 e. The molecule has 0 aromatic heterocycles. The smallest absolute Gasteiger partial charge is 0.00683 e. The summed E-state index contributed by atoms with van der Waals surface area (Å²) in [6.07, 6.45) is 11.7. The normalized spacial score (nSPS) is 30.2. The lowest BCUT2D eigenvalue weighted by Gasteiger charge is -2.20. The van der Waals surface area contributed by atoms with Gasteiger partial charge in [-0.2, -0.15) is 0 Å². The number of nitrogens with one attached hydrogen (secondary N) is 1. The fourth-order valence-electron chi connectivity index (χ4n) is 3.16. The van der Waals surface area contributed by atoms with Gasteiger partial charge in [-0.15, -0.1) is 0 Å². The zero-order valence-corrected chi connectivity index (χ0v) is 11.2. The maximum Gasteiger partial charge on any atom is 0.00683 e. The molecular formula is C15H29N. The molecule has 0 heterocycles. The SMILES string of the molecule is CC(C)CCCC1CCCC1CNC1CC1. The Morgan fingerprint density at radius 3 is 2.50 bits per heavy atom. The highest BCUT2D eigenvalue weighted by Gasteiger charge is 2.29. The summed E-state index contributed by atoms with van der Waals surface area (Å²) in [5.41, 5.74) is 0. The van der Waals surface area contributed by atoms with Crippen molar-refractivity contribution in [2.24, 2.45) is 17.8 Å². The van der Waals surface area contributed by atoms with E-state index in [0.717, 1.165) is 23.8 Å². The highest BCUT2D eigenvalue weighted by molar-refractivity contribution is 4.85. The molecule has 0 spiro atoms. The van der Waals surface area contributed by atoms with Gasteiger partial charge in [0, 0.05) is 6.04 Å². The number of hydrogen-bond acceptors (Lipinski definition) is 1. The zero-order valence-electron chi connectivity index (χ0n) is 11.2. The van der Waals surface area contributed by atoms with Gasteiger partial charge in [0.05, 0.1) is 0 Å². The second-order valence-corrected chi connectivity index (χ2v) is 6.46. The first-order valence-electron chi connectivity index (χ1n) is 7.49. The Morgan fingerprint density at radius 1 is 1.06 bits per heavy atom. The van der Waals surface area contributed by atoms with E-state index in [1.165, 1.54) is 57.9 Å². The molecule has 0 aliphatic heterocycles. The maximum atomic E-state index is 3.73. The lowest BCUT2D eigenvalue weighted by Crippen LogP contribution is -2.26. The van der Waals surface area contributed by atoms with Gasteiger partial charge in [-0.3, -0.25) is 0 Å². The van der Waals surface area contributed by atoms with Crippen molar-refractivity contribution in [3.05, 3.63) is 0 Å². The molecule has 2 aliphatic rings. The van der Waals surface area contributed by atoms with Crippen molar-refractivity contribution >= 4 is 0 Å². The summed E-state index contributed by atoms with van der Waals surface area (Å²) in [6.45, 7) is 6.01. The second kappa shape index (κ2) is 6.05. The van der Waals surface area contributed by atoms with Crippen LogP contribution in [0.4, 0.5) is 0 Å². The van der Waals surface area contributed by atoms with Gasteiger partial charge in [0.2, 0.25) is 0 Å². The molecule has 2 saturated carbocycles. The van der Waals surface area contributed by atoms with Gasteiger partial charge in [0.25, 0.3) is 0 Å². The van der Waals surface area contributed by atoms with Crippen molar-refractivity contribution in [3.8, 4) is 0 Å². The lowest BCUT2D eigenvalue weighted by atomic mass is 9.89. The van der Waals surface area contributed by atoms with Crippen molar-refractivity contribution < 1.29 is 0 Å². The van der Waals surface area contributed by atoms with E-state index in [-0.39, 0.29) is 0 Å². The molecule has 2 atom stereocenters. The van der Waals surface area contributed by atoms with Crippen LogP contribution in [-0.2, 0) is 0 Å². The molecule has 2 rings (SSSR count). The average Bonchev–Trinajstić information content (AvgIpc) is 2.96. The molecule has 2 unspecified atom stereocenters. The Balaban J connectivity index is 1.61. The monoisotopic (exact) mass is 223 g/mol. The third kappa shape index (κ3) is 4.08. The molecule has 0 aromatic rings. The van der Waals surface area contributed by atoms with E-state index in [1.54, 1.807) is 0 Å². The Labute approximate surface area is 101 Å². The van der Waals surface area contributed by atoms with Gasteiger partial charge in [-0.1, -0.05) is 46.0 Å². The minimum Gasteiger partial charge on any atom is -0.314 e. The van der Waals surface area contributed by atoms with E-state index in [9.17, 15) is 0 Å². The Hall–Kier alpha value is -0.0400. The van der Waals surface area contributed by atoms with Gasteiger partial charge in [-0.25, -0.2) is 0 Å². The van der Waals surface area contributed by atoms with Crippen molar-refractivity contribution in [1.29, 1.82) is 0 Å². The molecule has 2 aliphatic carbocycles. The minimum absolute atomic E-state index is 0.893. The van der Waals surface area contributed by atoms with E-state index in [0.29, 0.717) is 0 Å². The fraction of sp³-hybridized carbons (Fsp3) is 1.00. The summed E-state index contributed by atoms with van der Waals surface area (Å²) in [7, 11) is 0. The molecular weight excluding hydrogens is 194 g/mol. The summed E-state index contributed by atoms with van der Waals surface area (Å²) in [5.74, 6) is 2.95. The summed E-state index contributed by atoms with van der Waals surface area (Å²) in [4.78, 5) is 0. The predicted molar refractivity (Wildman–Crippen MR) is 70.5 cm³/mol. The molecule has 1 heteroatoms. The van der Waals surface area contributed by atoms with E-state index in [2.05, 4.69) is 19.2 Å². The van der Waals surface area contributed by atoms with Crippen LogP contribution in [0.1, 0.15) is 65.2 Å². The summed E-state index contributed by atoms with van der Waals surface area (Å²) in [6, 6.07) is 0.900. The standard InChI is InChI=1S/C15H29N/c1-12(2)5-3-6-13-7-4-8-14(13)11-16-15-9-10-15/h12-16H,3-11H2,1-2H3. The summed E-state index contributed by atoms with van der Waals surface area (Å²) in [5, 5.41) is 3.73. The Bertz CT molecular complexity index is 196. The van der Waals surface area contributed by atoms with E-state index in [4.69, 9.17) is 0 Å². The van der Waals surface area contributed by atoms with Gasteiger partial charge >= 0.3 is 0 Å².